The minimum absolute atomic E-state index is 0.358. The lowest BCUT2D eigenvalue weighted by molar-refractivity contribution is 0.0366. The Morgan fingerprint density at radius 1 is 0.524 bits per heavy atom. The molecule has 0 bridgehead atoms. The molecule has 0 aliphatic carbocycles. The van der Waals surface area contributed by atoms with Crippen molar-refractivity contribution in [3.63, 3.8) is 0 Å². The van der Waals surface area contributed by atoms with Gasteiger partial charge in [0, 0.05) is 0 Å². The summed E-state index contributed by atoms with van der Waals surface area (Å²) in [6.07, 6.45) is 1.50. The molecule has 21 heavy (non-hydrogen) atoms. The Bertz CT molecular complexity index is 257. The molecule has 0 aromatic rings. The lowest BCUT2D eigenvalue weighted by Crippen LogP contribution is -2.10. The fourth-order valence-corrected chi connectivity index (χ4v) is 1.54. The zero-order valence-corrected chi connectivity index (χ0v) is 12.2. The first-order valence-corrected chi connectivity index (χ1v) is 7.60. The molecular weight excluding hydrogens is 280 g/mol. The van der Waals surface area contributed by atoms with Crippen LogP contribution in [0.2, 0.25) is 0 Å². The summed E-state index contributed by atoms with van der Waals surface area (Å²) < 4.78 is 35.6. The van der Waals surface area contributed by atoms with Crippen LogP contribution in [0.1, 0.15) is 0 Å². The summed E-state index contributed by atoms with van der Waals surface area (Å²) in [5.41, 5.74) is 0. The normalized spacial score (nSPS) is 34.9. The van der Waals surface area contributed by atoms with E-state index in [0.717, 1.165) is 39.6 Å². The fourth-order valence-electron chi connectivity index (χ4n) is 1.54. The van der Waals surface area contributed by atoms with Crippen LogP contribution in [-0.4, -0.2) is 90.5 Å². The van der Waals surface area contributed by atoms with Gasteiger partial charge in [-0.2, -0.15) is 0 Å². The van der Waals surface area contributed by atoms with Gasteiger partial charge in [0.2, 0.25) is 0 Å². The maximum absolute atomic E-state index is 5.27. The monoisotopic (exact) mass is 304 g/mol. The first-order valence-electron chi connectivity index (χ1n) is 7.60. The molecule has 4 aliphatic heterocycles. The van der Waals surface area contributed by atoms with Gasteiger partial charge in [-0.15, -0.1) is 0 Å². The van der Waals surface area contributed by atoms with Crippen molar-refractivity contribution in [2.45, 2.75) is 24.4 Å². The average molecular weight is 304 g/mol. The summed E-state index contributed by atoms with van der Waals surface area (Å²) in [6, 6.07) is 0. The summed E-state index contributed by atoms with van der Waals surface area (Å²) in [4.78, 5) is 0. The van der Waals surface area contributed by atoms with E-state index in [2.05, 4.69) is 0 Å². The Morgan fingerprint density at radius 2 is 0.810 bits per heavy atom. The highest BCUT2D eigenvalue weighted by Gasteiger charge is 2.26. The second-order valence-electron chi connectivity index (χ2n) is 5.51. The van der Waals surface area contributed by atoms with Crippen molar-refractivity contribution in [1.29, 1.82) is 0 Å². The lowest BCUT2D eigenvalue weighted by Gasteiger charge is -2.02. The van der Waals surface area contributed by atoms with Crippen LogP contribution < -0.4 is 0 Å². The van der Waals surface area contributed by atoms with Gasteiger partial charge in [-0.05, 0) is 0 Å². The fraction of sp³-hybridized carbons (Fsp3) is 1.00. The average Bonchev–Trinajstić information content (AvgIpc) is 3.36. The Kier molecular flexibility index (Phi) is 6.23. The molecule has 4 saturated heterocycles. The largest absolute Gasteiger partial charge is 0.376 e. The minimum Gasteiger partial charge on any atom is -0.376 e. The van der Waals surface area contributed by atoms with Crippen molar-refractivity contribution in [2.75, 3.05) is 66.1 Å². The SMILES string of the molecule is C(COCC1CO1)OCC1CO1.C(OCC1CO1)C1CO1. The van der Waals surface area contributed by atoms with Crippen LogP contribution in [0.5, 0.6) is 0 Å². The zero-order chi connectivity index (χ0) is 14.3. The molecule has 0 saturated carbocycles. The molecule has 7 nitrogen and oxygen atoms in total. The molecule has 4 atom stereocenters. The third-order valence-electron chi connectivity index (χ3n) is 3.20. The maximum atomic E-state index is 5.27. The van der Waals surface area contributed by atoms with E-state index < -0.39 is 0 Å². The molecule has 0 spiro atoms. The molecular formula is C14H24O7. The maximum Gasteiger partial charge on any atom is 0.104 e. The van der Waals surface area contributed by atoms with E-state index in [1.54, 1.807) is 0 Å². The van der Waals surface area contributed by atoms with E-state index in [9.17, 15) is 0 Å². The molecule has 4 aliphatic rings. The predicted octanol–water partition coefficient (Wildman–Crippen LogP) is -0.382. The molecule has 7 heteroatoms. The van der Waals surface area contributed by atoms with E-state index in [0.29, 0.717) is 50.8 Å². The van der Waals surface area contributed by atoms with E-state index in [1.807, 2.05) is 0 Å². The Balaban J connectivity index is 0.000000131. The molecule has 4 heterocycles. The highest BCUT2D eigenvalue weighted by atomic mass is 16.6. The molecule has 0 N–H and O–H groups in total. The van der Waals surface area contributed by atoms with Crippen LogP contribution in [0.3, 0.4) is 0 Å². The van der Waals surface area contributed by atoms with Crippen LogP contribution >= 0.6 is 0 Å². The number of hydrogen-bond donors (Lipinski definition) is 0. The van der Waals surface area contributed by atoms with Gasteiger partial charge in [0.25, 0.3) is 0 Å². The number of hydrogen-bond acceptors (Lipinski definition) is 7. The van der Waals surface area contributed by atoms with Gasteiger partial charge in [0.1, 0.15) is 24.4 Å². The van der Waals surface area contributed by atoms with Crippen molar-refractivity contribution >= 4 is 0 Å². The van der Waals surface area contributed by atoms with Gasteiger partial charge < -0.3 is 33.2 Å². The Labute approximate surface area is 124 Å². The molecule has 4 unspecified atom stereocenters. The van der Waals surface area contributed by atoms with E-state index in [-0.39, 0.29) is 0 Å². The third-order valence-corrected chi connectivity index (χ3v) is 3.20. The zero-order valence-electron chi connectivity index (χ0n) is 12.2. The standard InChI is InChI=1S/C8H14O4.C6H10O3/c1(9-3-7-5-11-7)2-10-4-8-6-12-8;1(5-3-8-5)7-2-6-4-9-6/h7-8H,1-6H2;5-6H,1-4H2. The molecule has 0 amide bonds. The summed E-state index contributed by atoms with van der Waals surface area (Å²) in [7, 11) is 0. The van der Waals surface area contributed by atoms with Gasteiger partial charge in [-0.25, -0.2) is 0 Å². The molecule has 0 aromatic heterocycles. The van der Waals surface area contributed by atoms with Crippen molar-refractivity contribution in [1.82, 2.24) is 0 Å². The summed E-state index contributed by atoms with van der Waals surface area (Å²) in [5, 5.41) is 0. The Morgan fingerprint density at radius 3 is 1.10 bits per heavy atom. The highest BCUT2D eigenvalue weighted by Crippen LogP contribution is 2.12. The third kappa shape index (κ3) is 8.67. The van der Waals surface area contributed by atoms with Crippen molar-refractivity contribution in [3.8, 4) is 0 Å². The summed E-state index contributed by atoms with van der Waals surface area (Å²) in [6.45, 7) is 7.72. The lowest BCUT2D eigenvalue weighted by atomic mass is 10.5. The van der Waals surface area contributed by atoms with Crippen LogP contribution in [0.15, 0.2) is 0 Å². The van der Waals surface area contributed by atoms with Crippen molar-refractivity contribution in [2.24, 2.45) is 0 Å². The first-order chi connectivity index (χ1) is 10.4. The van der Waals surface area contributed by atoms with Crippen molar-refractivity contribution in [3.05, 3.63) is 0 Å². The first kappa shape index (κ1) is 15.6. The Hall–Kier alpha value is -0.280. The predicted molar refractivity (Wildman–Crippen MR) is 71.4 cm³/mol. The quantitative estimate of drug-likeness (QED) is 0.380. The number of epoxide rings is 4. The van der Waals surface area contributed by atoms with Gasteiger partial charge in [-0.1, -0.05) is 0 Å². The molecule has 4 rings (SSSR count). The van der Waals surface area contributed by atoms with Crippen LogP contribution in [-0.2, 0) is 33.2 Å². The van der Waals surface area contributed by atoms with Crippen molar-refractivity contribution < 1.29 is 33.2 Å². The second-order valence-corrected chi connectivity index (χ2v) is 5.51. The number of rotatable bonds is 11. The van der Waals surface area contributed by atoms with Gasteiger partial charge in [0.05, 0.1) is 66.1 Å². The van der Waals surface area contributed by atoms with E-state index >= 15 is 0 Å². The summed E-state index contributed by atoms with van der Waals surface area (Å²) >= 11 is 0. The summed E-state index contributed by atoms with van der Waals surface area (Å²) in [5.74, 6) is 0. The van der Waals surface area contributed by atoms with E-state index in [4.69, 9.17) is 33.2 Å². The molecule has 4 fully saturated rings. The van der Waals surface area contributed by atoms with Crippen LogP contribution in [0.25, 0.3) is 0 Å². The topological polar surface area (TPSA) is 77.8 Å². The van der Waals surface area contributed by atoms with Crippen LogP contribution in [0.4, 0.5) is 0 Å². The molecule has 0 aromatic carbocycles. The van der Waals surface area contributed by atoms with Gasteiger partial charge in [0.15, 0.2) is 0 Å². The highest BCUT2D eigenvalue weighted by molar-refractivity contribution is 4.71. The number of ether oxygens (including phenoxy) is 7. The van der Waals surface area contributed by atoms with Crippen LogP contribution in [0, 0.1) is 0 Å². The molecule has 0 radical (unpaired) electrons. The van der Waals surface area contributed by atoms with Gasteiger partial charge in [-0.3, -0.25) is 0 Å². The smallest absolute Gasteiger partial charge is 0.104 e. The second kappa shape index (κ2) is 8.38. The van der Waals surface area contributed by atoms with Gasteiger partial charge >= 0.3 is 0 Å². The van der Waals surface area contributed by atoms with E-state index in [1.165, 1.54) is 0 Å². The minimum atomic E-state index is 0.358. The molecule has 122 valence electrons.